The molecular formula is C17H17NO5S. The highest BCUT2D eigenvalue weighted by Gasteiger charge is 2.46. The highest BCUT2D eigenvalue weighted by atomic mass is 32.2. The Morgan fingerprint density at radius 2 is 2.33 bits per heavy atom. The Balaban J connectivity index is 2.18. The van der Waals surface area contributed by atoms with Gasteiger partial charge >= 0.3 is 5.97 Å². The maximum atomic E-state index is 12.8. The van der Waals surface area contributed by atoms with Gasteiger partial charge in [0.05, 0.1) is 6.26 Å². The summed E-state index contributed by atoms with van der Waals surface area (Å²) < 4.78 is 19.4. The third kappa shape index (κ3) is 2.40. The number of carboxylic acids is 1. The number of fused-ring (bicyclic) bond motifs is 1. The van der Waals surface area contributed by atoms with E-state index in [-0.39, 0.29) is 17.2 Å². The molecule has 2 aromatic rings. The van der Waals surface area contributed by atoms with Crippen LogP contribution in [-0.4, -0.2) is 31.7 Å². The van der Waals surface area contributed by atoms with Gasteiger partial charge in [0.2, 0.25) is 5.78 Å². The van der Waals surface area contributed by atoms with Gasteiger partial charge in [0.15, 0.2) is 10.7 Å². The summed E-state index contributed by atoms with van der Waals surface area (Å²) in [6.45, 7) is 5.57. The van der Waals surface area contributed by atoms with Gasteiger partial charge in [-0.3, -0.25) is 9.59 Å². The molecule has 2 unspecified atom stereocenters. The fourth-order valence-corrected chi connectivity index (χ4v) is 4.08. The Morgan fingerprint density at radius 1 is 1.58 bits per heavy atom. The van der Waals surface area contributed by atoms with Crippen LogP contribution in [0.2, 0.25) is 0 Å². The molecule has 1 aliphatic rings. The van der Waals surface area contributed by atoms with Gasteiger partial charge in [-0.15, -0.1) is 0 Å². The molecule has 0 spiro atoms. The van der Waals surface area contributed by atoms with Crippen LogP contribution in [0.25, 0.3) is 0 Å². The van der Waals surface area contributed by atoms with Gasteiger partial charge in [-0.25, -0.2) is 0 Å². The molecule has 0 fully saturated rings. The van der Waals surface area contributed by atoms with Crippen LogP contribution in [-0.2, 0) is 27.9 Å². The van der Waals surface area contributed by atoms with E-state index in [2.05, 4.69) is 6.58 Å². The van der Waals surface area contributed by atoms with Gasteiger partial charge < -0.3 is 18.6 Å². The summed E-state index contributed by atoms with van der Waals surface area (Å²) in [6, 6.07) is 4.72. The summed E-state index contributed by atoms with van der Waals surface area (Å²) in [6.07, 6.45) is 3.28. The second-order valence-electron chi connectivity index (χ2n) is 5.89. The number of ketones is 1. The van der Waals surface area contributed by atoms with Crippen molar-refractivity contribution < 1.29 is 23.7 Å². The predicted molar refractivity (Wildman–Crippen MR) is 87.6 cm³/mol. The number of aliphatic carboxylic acids is 1. The van der Waals surface area contributed by atoms with Crippen LogP contribution in [0.1, 0.15) is 35.3 Å². The minimum Gasteiger partial charge on any atom is -0.611 e. The molecule has 6 nitrogen and oxygen atoms in total. The van der Waals surface area contributed by atoms with E-state index < -0.39 is 28.3 Å². The molecule has 3 heterocycles. The lowest BCUT2D eigenvalue weighted by Gasteiger charge is -2.16. The Kier molecular flexibility index (Phi) is 4.15. The average molecular weight is 347 g/mol. The summed E-state index contributed by atoms with van der Waals surface area (Å²) in [4.78, 5) is 24.8. The van der Waals surface area contributed by atoms with Crippen molar-refractivity contribution in [1.82, 2.24) is 4.57 Å². The molecule has 0 radical (unpaired) electrons. The number of carbonyl (C=O) groups is 2. The molecule has 0 aromatic carbocycles. The van der Waals surface area contributed by atoms with Crippen molar-refractivity contribution in [3.8, 4) is 0 Å². The number of rotatable bonds is 6. The van der Waals surface area contributed by atoms with E-state index in [1.165, 1.54) is 18.4 Å². The lowest BCUT2D eigenvalue weighted by molar-refractivity contribution is -0.143. The minimum absolute atomic E-state index is 0.136. The van der Waals surface area contributed by atoms with Gasteiger partial charge in [-0.05, 0) is 42.7 Å². The summed E-state index contributed by atoms with van der Waals surface area (Å²) >= 11 is -1.48. The van der Waals surface area contributed by atoms with E-state index in [0.717, 1.165) is 0 Å². The SMILES string of the molecule is C=CC[S+]([O-])c1cc2n(c1C(=O)c1ccco1)CCC2(C)C(=O)O. The molecule has 3 rings (SSSR count). The predicted octanol–water partition coefficient (Wildman–Crippen LogP) is 2.35. The summed E-state index contributed by atoms with van der Waals surface area (Å²) in [5.74, 6) is -1.03. The van der Waals surface area contributed by atoms with Crippen molar-refractivity contribution in [2.75, 3.05) is 5.75 Å². The van der Waals surface area contributed by atoms with Crippen molar-refractivity contribution in [3.05, 3.63) is 54.3 Å². The van der Waals surface area contributed by atoms with Gasteiger partial charge in [0, 0.05) is 18.3 Å². The van der Waals surface area contributed by atoms with Crippen molar-refractivity contribution in [2.24, 2.45) is 0 Å². The molecule has 1 aliphatic heterocycles. The number of hydrogen-bond donors (Lipinski definition) is 1. The molecule has 126 valence electrons. The molecule has 0 saturated heterocycles. The maximum absolute atomic E-state index is 12.8. The van der Waals surface area contributed by atoms with Crippen LogP contribution in [0.5, 0.6) is 0 Å². The first-order valence-electron chi connectivity index (χ1n) is 7.45. The van der Waals surface area contributed by atoms with E-state index in [4.69, 9.17) is 4.42 Å². The Hall–Kier alpha value is -2.25. The number of nitrogens with zero attached hydrogens (tertiary/aromatic N) is 1. The highest BCUT2D eigenvalue weighted by molar-refractivity contribution is 7.91. The molecule has 2 atom stereocenters. The van der Waals surface area contributed by atoms with Crippen LogP contribution >= 0.6 is 0 Å². The van der Waals surface area contributed by atoms with Crippen LogP contribution in [0.4, 0.5) is 0 Å². The topological polar surface area (TPSA) is 95.5 Å². The Morgan fingerprint density at radius 3 is 2.92 bits per heavy atom. The minimum atomic E-state index is -1.48. The monoisotopic (exact) mass is 347 g/mol. The summed E-state index contributed by atoms with van der Waals surface area (Å²) in [5.41, 5.74) is -0.364. The van der Waals surface area contributed by atoms with Crippen molar-refractivity contribution in [3.63, 3.8) is 0 Å². The fourth-order valence-electron chi connectivity index (χ4n) is 3.02. The van der Waals surface area contributed by atoms with Gasteiger partial charge in [-0.1, -0.05) is 6.58 Å². The van der Waals surface area contributed by atoms with Crippen LogP contribution < -0.4 is 0 Å². The van der Waals surface area contributed by atoms with Crippen molar-refractivity contribution in [2.45, 2.75) is 30.2 Å². The molecule has 24 heavy (non-hydrogen) atoms. The maximum Gasteiger partial charge on any atom is 0.315 e. The average Bonchev–Trinajstić information content (AvgIpc) is 3.24. The van der Waals surface area contributed by atoms with E-state index in [9.17, 15) is 19.2 Å². The zero-order chi connectivity index (χ0) is 17.5. The zero-order valence-electron chi connectivity index (χ0n) is 13.2. The van der Waals surface area contributed by atoms with Gasteiger partial charge in [0.25, 0.3) is 0 Å². The largest absolute Gasteiger partial charge is 0.611 e. The number of furan rings is 1. The molecule has 2 aromatic heterocycles. The number of aromatic nitrogens is 1. The van der Waals surface area contributed by atoms with Crippen LogP contribution in [0, 0.1) is 0 Å². The quantitative estimate of drug-likeness (QED) is 0.492. The van der Waals surface area contributed by atoms with E-state index >= 15 is 0 Å². The second-order valence-corrected chi connectivity index (χ2v) is 7.35. The Labute approximate surface area is 142 Å². The number of hydrogen-bond acceptors (Lipinski definition) is 4. The lowest BCUT2D eigenvalue weighted by atomic mass is 9.86. The van der Waals surface area contributed by atoms with Crippen LogP contribution in [0.15, 0.2) is 46.4 Å². The van der Waals surface area contributed by atoms with Crippen molar-refractivity contribution in [1.29, 1.82) is 0 Å². The van der Waals surface area contributed by atoms with Gasteiger partial charge in [-0.2, -0.15) is 0 Å². The second kappa shape index (κ2) is 5.99. The molecule has 0 amide bonds. The third-order valence-electron chi connectivity index (χ3n) is 4.41. The van der Waals surface area contributed by atoms with E-state index in [0.29, 0.717) is 23.6 Å². The van der Waals surface area contributed by atoms with E-state index in [1.54, 1.807) is 23.6 Å². The summed E-state index contributed by atoms with van der Waals surface area (Å²) in [7, 11) is 0. The molecule has 0 saturated carbocycles. The summed E-state index contributed by atoms with van der Waals surface area (Å²) in [5, 5.41) is 9.58. The Bertz CT molecular complexity index is 807. The molecule has 0 aliphatic carbocycles. The molecule has 1 N–H and O–H groups in total. The lowest BCUT2D eigenvalue weighted by Crippen LogP contribution is -2.29. The molecule has 7 heteroatoms. The number of carboxylic acid groups (broad SMARTS) is 1. The van der Waals surface area contributed by atoms with Crippen molar-refractivity contribution >= 4 is 22.9 Å². The molecular weight excluding hydrogens is 330 g/mol. The van der Waals surface area contributed by atoms with Crippen LogP contribution in [0.3, 0.4) is 0 Å². The fraction of sp³-hybridized carbons (Fsp3) is 0.294. The number of carbonyl (C=O) groups excluding carboxylic acids is 1. The third-order valence-corrected chi connectivity index (χ3v) is 5.75. The normalized spacial score (nSPS) is 20.6. The standard InChI is InChI=1S/C17H17NO5S/c1-3-9-24(22)12-10-13-17(2,16(20)21)6-7-18(13)14(12)15(19)11-5-4-8-23-11/h3-5,8,10H,1,6-7,9H2,2H3,(H,20,21). The smallest absolute Gasteiger partial charge is 0.315 e. The first kappa shape index (κ1) is 16.6. The zero-order valence-corrected chi connectivity index (χ0v) is 14.0. The highest BCUT2D eigenvalue weighted by Crippen LogP contribution is 2.40. The first-order chi connectivity index (χ1) is 11.4. The van der Waals surface area contributed by atoms with Gasteiger partial charge in [0.1, 0.15) is 16.9 Å². The van der Waals surface area contributed by atoms with E-state index in [1.807, 2.05) is 0 Å². The molecule has 0 bridgehead atoms. The first-order valence-corrected chi connectivity index (χ1v) is 8.77.